The number of hydrogen-bond donors (Lipinski definition) is 2. The molecule has 0 aliphatic heterocycles. The number of fused-ring (bicyclic) bond motifs is 1. The fraction of sp³-hybridized carbons (Fsp3) is 0.143. The molecule has 2 aromatic heterocycles. The second-order valence-corrected chi connectivity index (χ2v) is 6.45. The standard InChI is InChI=1S/C21H20N6O2/c1-14(28)23-11-12-27-21-18(20(22)24-13-25-21)19(26-27)15-7-9-17(10-8-15)29-16-5-3-2-4-6-16/h2-10,13H,11-12H2,1H3,(H,23,28)(H2,22,24,25). The van der Waals surface area contributed by atoms with E-state index in [0.29, 0.717) is 35.6 Å². The summed E-state index contributed by atoms with van der Waals surface area (Å²) < 4.78 is 7.58. The van der Waals surface area contributed by atoms with Gasteiger partial charge in [0, 0.05) is 19.0 Å². The zero-order valence-corrected chi connectivity index (χ0v) is 15.9. The van der Waals surface area contributed by atoms with Crippen molar-refractivity contribution in [3.63, 3.8) is 0 Å². The average Bonchev–Trinajstić information content (AvgIpc) is 3.09. The van der Waals surface area contributed by atoms with E-state index in [-0.39, 0.29) is 5.91 Å². The largest absolute Gasteiger partial charge is 0.457 e. The number of nitrogens with zero attached hydrogens (tertiary/aromatic N) is 4. The van der Waals surface area contributed by atoms with Crippen molar-refractivity contribution in [2.45, 2.75) is 13.5 Å². The number of carbonyl (C=O) groups is 1. The number of amides is 1. The summed E-state index contributed by atoms with van der Waals surface area (Å²) in [5.74, 6) is 1.76. The monoisotopic (exact) mass is 388 g/mol. The number of carbonyl (C=O) groups excluding carboxylic acids is 1. The van der Waals surface area contributed by atoms with Gasteiger partial charge in [0.25, 0.3) is 0 Å². The highest BCUT2D eigenvalue weighted by Crippen LogP contribution is 2.31. The first-order valence-corrected chi connectivity index (χ1v) is 9.16. The van der Waals surface area contributed by atoms with Crippen LogP contribution >= 0.6 is 0 Å². The highest BCUT2D eigenvalue weighted by Gasteiger charge is 2.17. The molecule has 0 fully saturated rings. The highest BCUT2D eigenvalue weighted by atomic mass is 16.5. The van der Waals surface area contributed by atoms with Crippen LogP contribution in [0.2, 0.25) is 0 Å². The number of aromatic nitrogens is 4. The summed E-state index contributed by atoms with van der Waals surface area (Å²) in [4.78, 5) is 19.6. The summed E-state index contributed by atoms with van der Waals surface area (Å²) in [6.07, 6.45) is 1.41. The maximum Gasteiger partial charge on any atom is 0.216 e. The van der Waals surface area contributed by atoms with E-state index in [0.717, 1.165) is 17.1 Å². The molecular weight excluding hydrogens is 368 g/mol. The van der Waals surface area contributed by atoms with Gasteiger partial charge in [-0.15, -0.1) is 0 Å². The molecule has 3 N–H and O–H groups in total. The van der Waals surface area contributed by atoms with Crippen LogP contribution in [0, 0.1) is 0 Å². The third-order valence-electron chi connectivity index (χ3n) is 4.36. The van der Waals surface area contributed by atoms with Crippen molar-refractivity contribution in [2.24, 2.45) is 0 Å². The van der Waals surface area contributed by atoms with Gasteiger partial charge in [-0.05, 0) is 36.4 Å². The Morgan fingerprint density at radius 1 is 1.07 bits per heavy atom. The molecule has 2 heterocycles. The predicted molar refractivity (Wildman–Crippen MR) is 110 cm³/mol. The summed E-state index contributed by atoms with van der Waals surface area (Å²) in [5, 5.41) is 8.12. The zero-order chi connectivity index (χ0) is 20.2. The van der Waals surface area contributed by atoms with E-state index in [4.69, 9.17) is 10.5 Å². The lowest BCUT2D eigenvalue weighted by atomic mass is 10.1. The quantitative estimate of drug-likeness (QED) is 0.526. The van der Waals surface area contributed by atoms with Crippen molar-refractivity contribution < 1.29 is 9.53 Å². The van der Waals surface area contributed by atoms with Crippen LogP contribution < -0.4 is 15.8 Å². The van der Waals surface area contributed by atoms with E-state index in [1.54, 1.807) is 4.68 Å². The van der Waals surface area contributed by atoms with E-state index in [9.17, 15) is 4.79 Å². The van der Waals surface area contributed by atoms with Gasteiger partial charge in [0.15, 0.2) is 5.65 Å². The topological polar surface area (TPSA) is 108 Å². The number of nitrogen functional groups attached to an aromatic ring is 1. The number of para-hydroxylation sites is 1. The van der Waals surface area contributed by atoms with Crippen LogP contribution in [-0.2, 0) is 11.3 Å². The molecule has 8 heteroatoms. The minimum absolute atomic E-state index is 0.0928. The predicted octanol–water partition coefficient (Wildman–Crippen LogP) is 3.00. The number of anilines is 1. The summed E-state index contributed by atoms with van der Waals surface area (Å²) >= 11 is 0. The van der Waals surface area contributed by atoms with Crippen LogP contribution in [0.15, 0.2) is 60.9 Å². The van der Waals surface area contributed by atoms with Gasteiger partial charge < -0.3 is 15.8 Å². The second kappa shape index (κ2) is 7.97. The molecule has 1 amide bonds. The number of nitrogens with two attached hydrogens (primary N) is 1. The van der Waals surface area contributed by atoms with Crippen molar-refractivity contribution in [3.8, 4) is 22.8 Å². The van der Waals surface area contributed by atoms with E-state index in [1.807, 2.05) is 54.6 Å². The van der Waals surface area contributed by atoms with E-state index < -0.39 is 0 Å². The molecule has 8 nitrogen and oxygen atoms in total. The fourth-order valence-corrected chi connectivity index (χ4v) is 3.03. The van der Waals surface area contributed by atoms with Crippen molar-refractivity contribution in [1.29, 1.82) is 0 Å². The maximum atomic E-state index is 11.1. The van der Waals surface area contributed by atoms with Crippen LogP contribution in [0.25, 0.3) is 22.3 Å². The number of hydrogen-bond acceptors (Lipinski definition) is 6. The first-order chi connectivity index (χ1) is 14.1. The van der Waals surface area contributed by atoms with Crippen LogP contribution in [0.1, 0.15) is 6.92 Å². The zero-order valence-electron chi connectivity index (χ0n) is 15.9. The minimum atomic E-state index is -0.0928. The molecular formula is C21H20N6O2. The summed E-state index contributed by atoms with van der Waals surface area (Å²) in [6, 6.07) is 17.2. The molecule has 0 radical (unpaired) electrons. The molecule has 0 atom stereocenters. The SMILES string of the molecule is CC(=O)NCCn1nc(-c2ccc(Oc3ccccc3)cc2)c2c(N)ncnc21. The number of benzene rings is 2. The molecule has 0 saturated heterocycles. The first-order valence-electron chi connectivity index (χ1n) is 9.16. The molecule has 0 aliphatic rings. The third kappa shape index (κ3) is 4.01. The molecule has 2 aromatic carbocycles. The number of rotatable bonds is 6. The Labute approximate surface area is 167 Å². The van der Waals surface area contributed by atoms with Crippen molar-refractivity contribution in [2.75, 3.05) is 12.3 Å². The van der Waals surface area contributed by atoms with Crippen molar-refractivity contribution >= 4 is 22.8 Å². The second-order valence-electron chi connectivity index (χ2n) is 6.45. The van der Waals surface area contributed by atoms with Gasteiger partial charge >= 0.3 is 0 Å². The van der Waals surface area contributed by atoms with Crippen LogP contribution in [-0.4, -0.2) is 32.2 Å². The van der Waals surface area contributed by atoms with E-state index >= 15 is 0 Å². The van der Waals surface area contributed by atoms with Gasteiger partial charge in [-0.2, -0.15) is 5.10 Å². The summed E-state index contributed by atoms with van der Waals surface area (Å²) in [7, 11) is 0. The van der Waals surface area contributed by atoms with Gasteiger partial charge in [-0.25, -0.2) is 14.6 Å². The van der Waals surface area contributed by atoms with Gasteiger partial charge in [-0.3, -0.25) is 4.79 Å². The van der Waals surface area contributed by atoms with Gasteiger partial charge in [0.2, 0.25) is 5.91 Å². The van der Waals surface area contributed by atoms with Crippen molar-refractivity contribution in [1.82, 2.24) is 25.1 Å². The normalized spacial score (nSPS) is 10.8. The van der Waals surface area contributed by atoms with Gasteiger partial charge in [-0.1, -0.05) is 18.2 Å². The number of ether oxygens (including phenoxy) is 1. The molecule has 146 valence electrons. The fourth-order valence-electron chi connectivity index (χ4n) is 3.03. The number of nitrogens with one attached hydrogen (secondary N) is 1. The lowest BCUT2D eigenvalue weighted by Gasteiger charge is -2.06. The Morgan fingerprint density at radius 2 is 1.79 bits per heavy atom. The van der Waals surface area contributed by atoms with E-state index in [1.165, 1.54) is 13.3 Å². The molecule has 4 rings (SSSR count). The van der Waals surface area contributed by atoms with Crippen LogP contribution in [0.5, 0.6) is 11.5 Å². The lowest BCUT2D eigenvalue weighted by Crippen LogP contribution is -2.24. The third-order valence-corrected chi connectivity index (χ3v) is 4.36. The molecule has 0 aliphatic carbocycles. The lowest BCUT2D eigenvalue weighted by molar-refractivity contribution is -0.118. The van der Waals surface area contributed by atoms with Gasteiger partial charge in [0.05, 0.1) is 11.9 Å². The Kier molecular flexibility index (Phi) is 5.07. The Morgan fingerprint density at radius 3 is 2.52 bits per heavy atom. The summed E-state index contributed by atoms with van der Waals surface area (Å²) in [5.41, 5.74) is 8.30. The Bertz CT molecular complexity index is 1140. The summed E-state index contributed by atoms with van der Waals surface area (Å²) in [6.45, 7) is 2.40. The Hall–Kier alpha value is -3.94. The molecule has 29 heavy (non-hydrogen) atoms. The maximum absolute atomic E-state index is 11.1. The Balaban J connectivity index is 1.65. The first kappa shape index (κ1) is 18.4. The molecule has 0 unspecified atom stereocenters. The smallest absolute Gasteiger partial charge is 0.216 e. The van der Waals surface area contributed by atoms with Crippen molar-refractivity contribution in [3.05, 3.63) is 60.9 Å². The minimum Gasteiger partial charge on any atom is -0.457 e. The van der Waals surface area contributed by atoms with E-state index in [2.05, 4.69) is 20.4 Å². The molecule has 0 saturated carbocycles. The van der Waals surface area contributed by atoms with Crippen LogP contribution in [0.4, 0.5) is 5.82 Å². The highest BCUT2D eigenvalue weighted by molar-refractivity contribution is 5.98. The molecule has 4 aromatic rings. The average molecular weight is 388 g/mol. The van der Waals surface area contributed by atoms with Crippen LogP contribution in [0.3, 0.4) is 0 Å². The molecule has 0 spiro atoms. The molecule has 0 bridgehead atoms. The van der Waals surface area contributed by atoms with Gasteiger partial charge in [0.1, 0.15) is 29.3 Å².